The number of nitrogens with zero attached hydrogens (tertiary/aromatic N) is 1. The normalized spacial score (nSPS) is 10.4. The third-order valence-electron chi connectivity index (χ3n) is 3.95. The molecule has 148 valence electrons. The highest BCUT2D eigenvalue weighted by Crippen LogP contribution is 2.41. The highest BCUT2D eigenvalue weighted by atomic mass is 32.1. The van der Waals surface area contributed by atoms with Gasteiger partial charge in [-0.1, -0.05) is 12.1 Å². The number of hydrogen-bond donors (Lipinski definition) is 3. The van der Waals surface area contributed by atoms with Crippen molar-refractivity contribution in [1.29, 1.82) is 0 Å². The first-order valence-corrected chi connectivity index (χ1v) is 9.21. The molecule has 3 aromatic rings. The van der Waals surface area contributed by atoms with Crippen molar-refractivity contribution in [1.82, 2.24) is 4.98 Å². The average Bonchev–Trinajstić information content (AvgIpc) is 3.04. The van der Waals surface area contributed by atoms with Gasteiger partial charge in [-0.25, -0.2) is 9.59 Å². The van der Waals surface area contributed by atoms with Crippen LogP contribution >= 0.6 is 11.3 Å². The van der Waals surface area contributed by atoms with Gasteiger partial charge in [-0.15, -0.1) is 11.3 Å². The number of anilines is 1. The van der Waals surface area contributed by atoms with E-state index in [1.165, 1.54) is 6.20 Å². The van der Waals surface area contributed by atoms with Gasteiger partial charge in [-0.3, -0.25) is 9.78 Å². The van der Waals surface area contributed by atoms with Crippen molar-refractivity contribution < 1.29 is 29.3 Å². The number of nitrogens with one attached hydrogen (secondary N) is 1. The van der Waals surface area contributed by atoms with E-state index in [0.717, 1.165) is 16.9 Å². The average molecular weight is 412 g/mol. The topological polar surface area (TPSA) is 126 Å². The number of carboxylic acid groups (broad SMARTS) is 2. The van der Waals surface area contributed by atoms with Crippen LogP contribution in [0.4, 0.5) is 5.69 Å². The molecule has 3 rings (SSSR count). The second-order valence-corrected chi connectivity index (χ2v) is 7.00. The Morgan fingerprint density at radius 2 is 1.86 bits per heavy atom. The lowest BCUT2D eigenvalue weighted by Gasteiger charge is -2.07. The molecule has 0 saturated heterocycles. The van der Waals surface area contributed by atoms with E-state index in [2.05, 4.69) is 10.3 Å². The van der Waals surface area contributed by atoms with Gasteiger partial charge >= 0.3 is 11.9 Å². The number of rotatable bonds is 7. The van der Waals surface area contributed by atoms with E-state index in [4.69, 9.17) is 9.84 Å². The Morgan fingerprint density at radius 3 is 2.45 bits per heavy atom. The Hall–Kier alpha value is -3.72. The largest absolute Gasteiger partial charge is 0.480 e. The molecular formula is C20H16N2O6S. The van der Waals surface area contributed by atoms with Crippen molar-refractivity contribution in [3.8, 4) is 16.2 Å². The standard InChI is InChI=1S/C20H16N2O6S/c1-11-16(28-10-15(23)24)18(20(26)27)29-17(11)12-4-6-14(7-5-12)22-19(25)13-3-2-8-21-9-13/h2-9H,10H2,1H3,(H,22,25)(H,23,24)(H,26,27). The van der Waals surface area contributed by atoms with Gasteiger partial charge in [0.15, 0.2) is 11.5 Å². The van der Waals surface area contributed by atoms with Gasteiger partial charge in [0.25, 0.3) is 5.91 Å². The molecule has 0 fully saturated rings. The zero-order valence-electron chi connectivity index (χ0n) is 15.2. The third-order valence-corrected chi connectivity index (χ3v) is 5.26. The maximum Gasteiger partial charge on any atom is 0.349 e. The zero-order chi connectivity index (χ0) is 21.0. The van der Waals surface area contributed by atoms with Crippen LogP contribution in [0.2, 0.25) is 0 Å². The molecule has 2 aromatic heterocycles. The van der Waals surface area contributed by atoms with E-state index in [-0.39, 0.29) is 16.5 Å². The van der Waals surface area contributed by atoms with E-state index in [1.807, 2.05) is 0 Å². The van der Waals surface area contributed by atoms with Crippen LogP contribution in [-0.4, -0.2) is 39.6 Å². The highest BCUT2D eigenvalue weighted by molar-refractivity contribution is 7.18. The summed E-state index contributed by atoms with van der Waals surface area (Å²) in [4.78, 5) is 39.0. The molecule has 29 heavy (non-hydrogen) atoms. The molecule has 0 aliphatic carbocycles. The predicted octanol–water partition coefficient (Wildman–Crippen LogP) is 3.53. The van der Waals surface area contributed by atoms with Crippen LogP contribution in [0.15, 0.2) is 48.8 Å². The number of aliphatic carboxylic acids is 1. The molecule has 0 bridgehead atoms. The first kappa shape index (κ1) is 20.0. The zero-order valence-corrected chi connectivity index (χ0v) is 16.0. The molecular weight excluding hydrogens is 396 g/mol. The molecule has 0 aliphatic heterocycles. The Balaban J connectivity index is 1.84. The van der Waals surface area contributed by atoms with Crippen molar-refractivity contribution >= 4 is 34.9 Å². The number of amides is 1. The van der Waals surface area contributed by atoms with Gasteiger partial charge in [0.1, 0.15) is 5.75 Å². The van der Waals surface area contributed by atoms with Gasteiger partial charge in [0.2, 0.25) is 0 Å². The van der Waals surface area contributed by atoms with E-state index in [9.17, 15) is 19.5 Å². The van der Waals surface area contributed by atoms with E-state index < -0.39 is 18.5 Å². The lowest BCUT2D eigenvalue weighted by atomic mass is 10.1. The number of aromatic carboxylic acids is 1. The molecule has 2 heterocycles. The first-order chi connectivity index (χ1) is 13.9. The van der Waals surface area contributed by atoms with Crippen LogP contribution in [0.25, 0.3) is 10.4 Å². The summed E-state index contributed by atoms with van der Waals surface area (Å²) in [6, 6.07) is 10.2. The predicted molar refractivity (Wildman–Crippen MR) is 107 cm³/mol. The highest BCUT2D eigenvalue weighted by Gasteiger charge is 2.23. The minimum Gasteiger partial charge on any atom is -0.480 e. The molecule has 0 unspecified atom stereocenters. The van der Waals surface area contributed by atoms with Gasteiger partial charge in [-0.05, 0) is 36.8 Å². The summed E-state index contributed by atoms with van der Waals surface area (Å²) in [5.41, 5.74) is 2.26. The SMILES string of the molecule is Cc1c(-c2ccc(NC(=O)c3cccnc3)cc2)sc(C(=O)O)c1OCC(=O)O. The van der Waals surface area contributed by atoms with Gasteiger partial charge < -0.3 is 20.3 Å². The van der Waals surface area contributed by atoms with E-state index in [1.54, 1.807) is 49.5 Å². The summed E-state index contributed by atoms with van der Waals surface area (Å²) in [7, 11) is 0. The Labute approximate surface area is 169 Å². The number of pyridine rings is 1. The summed E-state index contributed by atoms with van der Waals surface area (Å²) in [6.45, 7) is 1.05. The summed E-state index contributed by atoms with van der Waals surface area (Å²) in [5, 5.41) is 21.0. The molecule has 0 atom stereocenters. The van der Waals surface area contributed by atoms with Crippen molar-refractivity contribution in [2.24, 2.45) is 0 Å². The minimum absolute atomic E-state index is 0.0499. The monoisotopic (exact) mass is 412 g/mol. The van der Waals surface area contributed by atoms with Crippen LogP contribution in [-0.2, 0) is 4.79 Å². The molecule has 9 heteroatoms. The van der Waals surface area contributed by atoms with Crippen molar-refractivity contribution in [3.63, 3.8) is 0 Å². The molecule has 0 aliphatic rings. The van der Waals surface area contributed by atoms with Gasteiger partial charge in [-0.2, -0.15) is 0 Å². The number of hydrogen-bond acceptors (Lipinski definition) is 6. The molecule has 0 radical (unpaired) electrons. The fourth-order valence-corrected chi connectivity index (χ4v) is 3.72. The van der Waals surface area contributed by atoms with E-state index >= 15 is 0 Å². The maximum absolute atomic E-state index is 12.2. The van der Waals surface area contributed by atoms with Gasteiger partial charge in [0, 0.05) is 28.5 Å². The Kier molecular flexibility index (Phi) is 5.89. The van der Waals surface area contributed by atoms with Crippen molar-refractivity contribution in [2.45, 2.75) is 6.92 Å². The summed E-state index contributed by atoms with van der Waals surface area (Å²) in [6.07, 6.45) is 3.04. The third kappa shape index (κ3) is 4.58. The minimum atomic E-state index is -1.19. The van der Waals surface area contributed by atoms with Crippen molar-refractivity contribution in [3.05, 3.63) is 64.8 Å². The molecule has 0 saturated carbocycles. The number of carbonyl (C=O) groups excluding carboxylic acids is 1. The second kappa shape index (κ2) is 8.53. The summed E-state index contributed by atoms with van der Waals surface area (Å²) >= 11 is 1.00. The first-order valence-electron chi connectivity index (χ1n) is 8.40. The van der Waals surface area contributed by atoms with E-state index in [0.29, 0.717) is 21.7 Å². The van der Waals surface area contributed by atoms with Gasteiger partial charge in [0.05, 0.1) is 5.56 Å². The number of carbonyl (C=O) groups is 3. The van der Waals surface area contributed by atoms with Crippen LogP contribution in [0, 0.1) is 6.92 Å². The van der Waals surface area contributed by atoms with Crippen molar-refractivity contribution in [2.75, 3.05) is 11.9 Å². The van der Waals surface area contributed by atoms with Crippen LogP contribution in [0.3, 0.4) is 0 Å². The smallest absolute Gasteiger partial charge is 0.349 e. The Morgan fingerprint density at radius 1 is 1.14 bits per heavy atom. The molecule has 8 nitrogen and oxygen atoms in total. The lowest BCUT2D eigenvalue weighted by Crippen LogP contribution is -2.11. The molecule has 1 amide bonds. The molecule has 0 spiro atoms. The summed E-state index contributed by atoms with van der Waals surface area (Å²) < 4.78 is 5.19. The second-order valence-electron chi connectivity index (χ2n) is 5.98. The van der Waals surface area contributed by atoms with Crippen LogP contribution < -0.4 is 10.1 Å². The van der Waals surface area contributed by atoms with Crippen LogP contribution in [0.1, 0.15) is 25.6 Å². The quantitative estimate of drug-likeness (QED) is 0.542. The maximum atomic E-state index is 12.2. The summed E-state index contributed by atoms with van der Waals surface area (Å²) in [5.74, 6) is -2.63. The fourth-order valence-electron chi connectivity index (χ4n) is 2.63. The number of benzene rings is 1. The number of carboxylic acids is 2. The Bertz CT molecular complexity index is 1060. The molecule has 1 aromatic carbocycles. The number of aromatic nitrogens is 1. The number of thiophene rings is 1. The lowest BCUT2D eigenvalue weighted by molar-refractivity contribution is -0.139. The number of ether oxygens (including phenoxy) is 1. The molecule has 3 N–H and O–H groups in total. The van der Waals surface area contributed by atoms with Crippen LogP contribution in [0.5, 0.6) is 5.75 Å². The fraction of sp³-hybridized carbons (Fsp3) is 0.100.